The van der Waals surface area contributed by atoms with Gasteiger partial charge in [0.25, 0.3) is 0 Å². The first-order chi connectivity index (χ1) is 8.56. The lowest BCUT2D eigenvalue weighted by atomic mass is 10.1. The molecule has 0 bridgehead atoms. The number of hydrogen-bond acceptors (Lipinski definition) is 4. The van der Waals surface area contributed by atoms with Crippen LogP contribution in [0.2, 0.25) is 0 Å². The Hall–Kier alpha value is -2.43. The van der Waals surface area contributed by atoms with Gasteiger partial charge < -0.3 is 10.4 Å². The van der Waals surface area contributed by atoms with Crippen molar-refractivity contribution in [1.29, 1.82) is 0 Å². The second-order valence-electron chi connectivity index (χ2n) is 3.92. The number of aromatic hydroxyl groups is 1. The number of aromatic nitrogens is 2. The highest BCUT2D eigenvalue weighted by Crippen LogP contribution is 2.22. The Balaban J connectivity index is 2.35. The normalized spacial score (nSPS) is 10.1. The molecule has 0 spiro atoms. The van der Waals surface area contributed by atoms with Crippen LogP contribution in [0.3, 0.4) is 0 Å². The van der Waals surface area contributed by atoms with Crippen molar-refractivity contribution in [2.45, 2.75) is 13.8 Å². The van der Waals surface area contributed by atoms with Crippen LogP contribution in [0, 0.1) is 6.92 Å². The fourth-order valence-corrected chi connectivity index (χ4v) is 1.62. The molecule has 0 aliphatic heterocycles. The summed E-state index contributed by atoms with van der Waals surface area (Å²) >= 11 is 0. The number of rotatable bonds is 2. The van der Waals surface area contributed by atoms with Crippen molar-refractivity contribution < 1.29 is 9.90 Å². The van der Waals surface area contributed by atoms with Gasteiger partial charge >= 0.3 is 0 Å². The van der Waals surface area contributed by atoms with E-state index in [1.54, 1.807) is 24.3 Å². The summed E-state index contributed by atoms with van der Waals surface area (Å²) in [5, 5.41) is 11.8. The van der Waals surface area contributed by atoms with Gasteiger partial charge in [-0.25, -0.2) is 4.98 Å². The van der Waals surface area contributed by atoms with Crippen molar-refractivity contribution in [3.05, 3.63) is 36.2 Å². The zero-order chi connectivity index (χ0) is 13.1. The third-order valence-electron chi connectivity index (χ3n) is 2.39. The summed E-state index contributed by atoms with van der Waals surface area (Å²) in [5.74, 6) is 0.461. The summed E-state index contributed by atoms with van der Waals surface area (Å²) < 4.78 is 0. The minimum atomic E-state index is -0.180. The largest absolute Gasteiger partial charge is 0.508 e. The third-order valence-corrected chi connectivity index (χ3v) is 2.39. The smallest absolute Gasteiger partial charge is 0.222 e. The quantitative estimate of drug-likeness (QED) is 0.847. The van der Waals surface area contributed by atoms with Gasteiger partial charge in [-0.1, -0.05) is 0 Å². The van der Waals surface area contributed by atoms with Gasteiger partial charge in [-0.15, -0.1) is 0 Å². The highest BCUT2D eigenvalue weighted by atomic mass is 16.3. The summed E-state index contributed by atoms with van der Waals surface area (Å²) in [6.45, 7) is 3.24. The predicted octanol–water partition coefficient (Wildman–Crippen LogP) is 2.12. The molecular weight excluding hydrogens is 230 g/mol. The molecule has 0 fully saturated rings. The number of phenolic OH excluding ortho intramolecular Hbond substituents is 1. The molecule has 1 aromatic carbocycles. The first kappa shape index (κ1) is 12.0. The molecule has 0 aliphatic carbocycles. The van der Waals surface area contributed by atoms with Gasteiger partial charge in [-0.05, 0) is 31.2 Å². The predicted molar refractivity (Wildman–Crippen MR) is 68.2 cm³/mol. The van der Waals surface area contributed by atoms with Crippen molar-refractivity contribution in [2.24, 2.45) is 0 Å². The standard InChI is InChI=1S/C13H13N3O2/c1-8-13(10-3-5-11(18)6-4-10)14-7-12(15-8)16-9(2)17/h3-7,18H,1-2H3,(H,15,16,17). The molecular formula is C13H13N3O2. The number of benzene rings is 1. The van der Waals surface area contributed by atoms with E-state index in [4.69, 9.17) is 0 Å². The van der Waals surface area contributed by atoms with Gasteiger partial charge in [-0.3, -0.25) is 9.78 Å². The molecule has 18 heavy (non-hydrogen) atoms. The highest BCUT2D eigenvalue weighted by molar-refractivity contribution is 5.87. The molecule has 2 aromatic rings. The third kappa shape index (κ3) is 2.63. The van der Waals surface area contributed by atoms with E-state index in [0.29, 0.717) is 11.5 Å². The Labute approximate surface area is 105 Å². The van der Waals surface area contributed by atoms with Crippen LogP contribution in [0.25, 0.3) is 11.3 Å². The van der Waals surface area contributed by atoms with Gasteiger partial charge in [0, 0.05) is 12.5 Å². The van der Waals surface area contributed by atoms with Crippen molar-refractivity contribution in [3.63, 3.8) is 0 Å². The Morgan fingerprint density at radius 1 is 1.28 bits per heavy atom. The van der Waals surface area contributed by atoms with Crippen molar-refractivity contribution in [3.8, 4) is 17.0 Å². The summed E-state index contributed by atoms with van der Waals surface area (Å²) in [5.41, 5.74) is 2.31. The van der Waals surface area contributed by atoms with Gasteiger partial charge in [0.2, 0.25) is 5.91 Å². The van der Waals surface area contributed by atoms with E-state index in [9.17, 15) is 9.90 Å². The zero-order valence-corrected chi connectivity index (χ0v) is 10.1. The minimum absolute atomic E-state index is 0.180. The molecule has 0 saturated heterocycles. The number of aryl methyl sites for hydroxylation is 1. The number of hydrogen-bond donors (Lipinski definition) is 2. The molecule has 0 radical (unpaired) electrons. The topological polar surface area (TPSA) is 75.1 Å². The van der Waals surface area contributed by atoms with E-state index in [-0.39, 0.29) is 11.7 Å². The fourth-order valence-electron chi connectivity index (χ4n) is 1.62. The highest BCUT2D eigenvalue weighted by Gasteiger charge is 2.07. The second kappa shape index (κ2) is 4.83. The van der Waals surface area contributed by atoms with Gasteiger partial charge in [0.15, 0.2) is 5.82 Å². The molecule has 92 valence electrons. The number of carbonyl (C=O) groups excluding carboxylic acids is 1. The van der Waals surface area contributed by atoms with E-state index in [1.807, 2.05) is 6.92 Å². The molecule has 0 saturated carbocycles. The SMILES string of the molecule is CC(=O)Nc1cnc(-c2ccc(O)cc2)c(C)n1. The number of amides is 1. The second-order valence-corrected chi connectivity index (χ2v) is 3.92. The van der Waals surface area contributed by atoms with Crippen LogP contribution in [0.1, 0.15) is 12.6 Å². The molecule has 1 aromatic heterocycles. The summed E-state index contributed by atoms with van der Waals surface area (Å²) in [7, 11) is 0. The first-order valence-electron chi connectivity index (χ1n) is 5.47. The molecule has 0 unspecified atom stereocenters. The maximum Gasteiger partial charge on any atom is 0.222 e. The number of anilines is 1. The van der Waals surface area contributed by atoms with E-state index in [2.05, 4.69) is 15.3 Å². The molecule has 1 heterocycles. The summed E-state index contributed by atoms with van der Waals surface area (Å²) in [6.07, 6.45) is 1.51. The molecule has 5 nitrogen and oxygen atoms in total. The average molecular weight is 243 g/mol. The molecule has 2 rings (SSSR count). The maximum absolute atomic E-state index is 10.9. The lowest BCUT2D eigenvalue weighted by Crippen LogP contribution is -2.08. The first-order valence-corrected chi connectivity index (χ1v) is 5.47. The average Bonchev–Trinajstić information content (AvgIpc) is 2.30. The van der Waals surface area contributed by atoms with Crippen LogP contribution in [0.5, 0.6) is 5.75 Å². The van der Waals surface area contributed by atoms with E-state index < -0.39 is 0 Å². The minimum Gasteiger partial charge on any atom is -0.508 e. The maximum atomic E-state index is 10.9. The van der Waals surface area contributed by atoms with Gasteiger partial charge in [0.1, 0.15) is 5.75 Å². The molecule has 2 N–H and O–H groups in total. The number of carbonyl (C=O) groups is 1. The van der Waals surface area contributed by atoms with Crippen LogP contribution in [0.4, 0.5) is 5.82 Å². The molecule has 5 heteroatoms. The monoisotopic (exact) mass is 243 g/mol. The van der Waals surface area contributed by atoms with Crippen molar-refractivity contribution in [2.75, 3.05) is 5.32 Å². The fraction of sp³-hybridized carbons (Fsp3) is 0.154. The number of phenols is 1. The van der Waals surface area contributed by atoms with E-state index >= 15 is 0 Å². The van der Waals surface area contributed by atoms with Gasteiger partial charge in [-0.2, -0.15) is 0 Å². The van der Waals surface area contributed by atoms with Crippen LogP contribution in [0.15, 0.2) is 30.5 Å². The van der Waals surface area contributed by atoms with Crippen LogP contribution >= 0.6 is 0 Å². The van der Waals surface area contributed by atoms with Crippen LogP contribution in [-0.2, 0) is 4.79 Å². The lowest BCUT2D eigenvalue weighted by molar-refractivity contribution is -0.114. The number of nitrogens with zero attached hydrogens (tertiary/aromatic N) is 2. The Morgan fingerprint density at radius 2 is 1.94 bits per heavy atom. The van der Waals surface area contributed by atoms with Gasteiger partial charge in [0.05, 0.1) is 17.6 Å². The summed E-state index contributed by atoms with van der Waals surface area (Å²) in [4.78, 5) is 19.4. The molecule has 0 atom stereocenters. The Bertz CT molecular complexity index is 579. The van der Waals surface area contributed by atoms with Crippen LogP contribution < -0.4 is 5.32 Å². The Morgan fingerprint density at radius 3 is 2.50 bits per heavy atom. The van der Waals surface area contributed by atoms with E-state index in [0.717, 1.165) is 11.3 Å². The number of nitrogens with one attached hydrogen (secondary N) is 1. The lowest BCUT2D eigenvalue weighted by Gasteiger charge is -2.07. The Kier molecular flexibility index (Phi) is 3.23. The van der Waals surface area contributed by atoms with E-state index in [1.165, 1.54) is 13.1 Å². The summed E-state index contributed by atoms with van der Waals surface area (Å²) in [6, 6.07) is 6.73. The van der Waals surface area contributed by atoms with Crippen molar-refractivity contribution in [1.82, 2.24) is 9.97 Å². The molecule has 0 aliphatic rings. The molecule has 1 amide bonds. The zero-order valence-electron chi connectivity index (χ0n) is 10.1. The van der Waals surface area contributed by atoms with Crippen molar-refractivity contribution >= 4 is 11.7 Å². The van der Waals surface area contributed by atoms with Crippen LogP contribution in [-0.4, -0.2) is 21.0 Å².